The Hall–Kier alpha value is -1.68. The van der Waals surface area contributed by atoms with E-state index in [1.807, 2.05) is 31.2 Å². The Morgan fingerprint density at radius 2 is 1.83 bits per heavy atom. The van der Waals surface area contributed by atoms with Crippen LogP contribution >= 0.6 is 15.9 Å². The molecule has 1 atom stereocenters. The highest BCUT2D eigenvalue weighted by Gasteiger charge is 2.12. The molecule has 0 aliphatic heterocycles. The van der Waals surface area contributed by atoms with Crippen LogP contribution in [0.3, 0.4) is 0 Å². The van der Waals surface area contributed by atoms with Gasteiger partial charge in [-0.1, -0.05) is 12.1 Å². The third kappa shape index (κ3) is 2.76. The number of phenolic OH excluding ortho intramolecular Hbond substituents is 2. The van der Waals surface area contributed by atoms with Crippen LogP contribution in [0.25, 0.3) is 0 Å². The van der Waals surface area contributed by atoms with Crippen LogP contribution in [-0.4, -0.2) is 10.2 Å². The van der Waals surface area contributed by atoms with E-state index in [-0.39, 0.29) is 17.5 Å². The summed E-state index contributed by atoms with van der Waals surface area (Å²) in [6.45, 7) is 1.92. The average molecular weight is 308 g/mol. The highest BCUT2D eigenvalue weighted by Crippen LogP contribution is 2.31. The summed E-state index contributed by atoms with van der Waals surface area (Å²) in [5.74, 6) is 0.309. The van der Waals surface area contributed by atoms with Crippen LogP contribution in [0.5, 0.6) is 11.5 Å². The lowest BCUT2D eigenvalue weighted by Gasteiger charge is -2.18. The first-order valence-electron chi connectivity index (χ1n) is 5.61. The molecule has 0 aromatic heterocycles. The van der Waals surface area contributed by atoms with Crippen molar-refractivity contribution < 1.29 is 10.2 Å². The first-order chi connectivity index (χ1) is 8.58. The van der Waals surface area contributed by atoms with Crippen molar-refractivity contribution in [1.82, 2.24) is 0 Å². The summed E-state index contributed by atoms with van der Waals surface area (Å²) in [6, 6.07) is 12.2. The molecule has 3 nitrogen and oxygen atoms in total. The van der Waals surface area contributed by atoms with E-state index in [1.165, 1.54) is 12.1 Å². The number of nitrogens with one attached hydrogen (secondary N) is 1. The number of phenols is 2. The van der Waals surface area contributed by atoms with Crippen molar-refractivity contribution in [3.8, 4) is 11.5 Å². The fourth-order valence-electron chi connectivity index (χ4n) is 1.78. The Morgan fingerprint density at radius 1 is 1.11 bits per heavy atom. The highest BCUT2D eigenvalue weighted by atomic mass is 79.9. The van der Waals surface area contributed by atoms with Crippen LogP contribution in [0, 0.1) is 0 Å². The number of rotatable bonds is 3. The van der Waals surface area contributed by atoms with E-state index in [0.717, 1.165) is 10.2 Å². The Bertz CT molecular complexity index is 557. The molecule has 0 aliphatic carbocycles. The van der Waals surface area contributed by atoms with E-state index < -0.39 is 0 Å². The van der Waals surface area contributed by atoms with Gasteiger partial charge in [-0.2, -0.15) is 0 Å². The van der Waals surface area contributed by atoms with Gasteiger partial charge in [0, 0.05) is 15.7 Å². The normalized spacial score (nSPS) is 12.1. The Kier molecular flexibility index (Phi) is 3.77. The van der Waals surface area contributed by atoms with Gasteiger partial charge >= 0.3 is 0 Å². The molecule has 4 heteroatoms. The molecule has 18 heavy (non-hydrogen) atoms. The molecule has 2 aromatic carbocycles. The Balaban J connectivity index is 2.25. The molecule has 0 saturated heterocycles. The molecule has 0 radical (unpaired) electrons. The van der Waals surface area contributed by atoms with Gasteiger partial charge in [0.15, 0.2) is 0 Å². The summed E-state index contributed by atoms with van der Waals surface area (Å²) < 4.78 is 0.955. The van der Waals surface area contributed by atoms with Gasteiger partial charge in [0.2, 0.25) is 0 Å². The number of halogens is 1. The predicted molar refractivity (Wildman–Crippen MR) is 76.0 cm³/mol. The molecule has 0 bridgehead atoms. The van der Waals surface area contributed by atoms with Gasteiger partial charge < -0.3 is 15.5 Å². The molecule has 0 aliphatic rings. The molecule has 2 aromatic rings. The monoisotopic (exact) mass is 307 g/mol. The van der Waals surface area contributed by atoms with Crippen molar-refractivity contribution >= 4 is 21.6 Å². The standard InChI is InChI=1S/C14H14BrNO2/c1-9(11-8-10(17)6-7-14(11)18)16-13-5-3-2-4-12(13)15/h2-9,16-18H,1H3. The molecule has 0 heterocycles. The van der Waals surface area contributed by atoms with Crippen molar-refractivity contribution in [2.45, 2.75) is 13.0 Å². The van der Waals surface area contributed by atoms with E-state index in [2.05, 4.69) is 21.2 Å². The van der Waals surface area contributed by atoms with E-state index >= 15 is 0 Å². The maximum absolute atomic E-state index is 9.79. The second-order valence-corrected chi connectivity index (χ2v) is 4.94. The number of aromatic hydroxyl groups is 2. The summed E-state index contributed by atoms with van der Waals surface area (Å²) in [7, 11) is 0. The van der Waals surface area contributed by atoms with Crippen LogP contribution in [0.1, 0.15) is 18.5 Å². The van der Waals surface area contributed by atoms with Gasteiger partial charge in [-0.05, 0) is 53.2 Å². The molecule has 0 fully saturated rings. The lowest BCUT2D eigenvalue weighted by molar-refractivity contribution is 0.451. The zero-order valence-corrected chi connectivity index (χ0v) is 11.5. The topological polar surface area (TPSA) is 52.5 Å². The third-order valence-corrected chi connectivity index (χ3v) is 3.41. The molecule has 2 rings (SSSR count). The maximum atomic E-state index is 9.79. The SMILES string of the molecule is CC(Nc1ccccc1Br)c1cc(O)ccc1O. The zero-order valence-electron chi connectivity index (χ0n) is 9.89. The third-order valence-electron chi connectivity index (χ3n) is 2.72. The van der Waals surface area contributed by atoms with Crippen LogP contribution in [0.15, 0.2) is 46.9 Å². The summed E-state index contributed by atoms with van der Waals surface area (Å²) in [5, 5.41) is 22.5. The minimum absolute atomic E-state index is 0.115. The van der Waals surface area contributed by atoms with Crippen molar-refractivity contribution in [2.24, 2.45) is 0 Å². The number of para-hydroxylation sites is 1. The van der Waals surface area contributed by atoms with Crippen molar-refractivity contribution in [1.29, 1.82) is 0 Å². The number of hydrogen-bond acceptors (Lipinski definition) is 3. The molecule has 0 spiro atoms. The molecule has 0 saturated carbocycles. The summed E-state index contributed by atoms with van der Waals surface area (Å²) in [5.41, 5.74) is 1.60. The fourth-order valence-corrected chi connectivity index (χ4v) is 2.18. The van der Waals surface area contributed by atoms with Gasteiger partial charge in [-0.15, -0.1) is 0 Å². The van der Waals surface area contributed by atoms with Gasteiger partial charge in [0.05, 0.1) is 6.04 Å². The fraction of sp³-hybridized carbons (Fsp3) is 0.143. The maximum Gasteiger partial charge on any atom is 0.121 e. The molecule has 94 valence electrons. The lowest BCUT2D eigenvalue weighted by atomic mass is 10.1. The van der Waals surface area contributed by atoms with E-state index in [0.29, 0.717) is 5.56 Å². The van der Waals surface area contributed by atoms with Crippen LogP contribution in [0.4, 0.5) is 5.69 Å². The quantitative estimate of drug-likeness (QED) is 0.750. The van der Waals surface area contributed by atoms with Gasteiger partial charge in [0.25, 0.3) is 0 Å². The molecule has 3 N–H and O–H groups in total. The van der Waals surface area contributed by atoms with Crippen molar-refractivity contribution in [3.63, 3.8) is 0 Å². The second-order valence-electron chi connectivity index (χ2n) is 4.09. The minimum atomic E-state index is -0.115. The van der Waals surface area contributed by atoms with Gasteiger partial charge in [-0.25, -0.2) is 0 Å². The molecular weight excluding hydrogens is 294 g/mol. The number of anilines is 1. The number of hydrogen-bond donors (Lipinski definition) is 3. The smallest absolute Gasteiger partial charge is 0.121 e. The predicted octanol–water partition coefficient (Wildman–Crippen LogP) is 4.03. The van der Waals surface area contributed by atoms with Gasteiger partial charge in [-0.3, -0.25) is 0 Å². The van der Waals surface area contributed by atoms with Crippen molar-refractivity contribution in [3.05, 3.63) is 52.5 Å². The highest BCUT2D eigenvalue weighted by molar-refractivity contribution is 9.10. The minimum Gasteiger partial charge on any atom is -0.508 e. The largest absolute Gasteiger partial charge is 0.508 e. The first kappa shape index (κ1) is 12.8. The lowest BCUT2D eigenvalue weighted by Crippen LogP contribution is -2.07. The second kappa shape index (κ2) is 5.31. The first-order valence-corrected chi connectivity index (χ1v) is 6.40. The number of benzene rings is 2. The molecular formula is C14H14BrNO2. The summed E-state index contributed by atoms with van der Waals surface area (Å²) in [6.07, 6.45) is 0. The van der Waals surface area contributed by atoms with Crippen LogP contribution in [0.2, 0.25) is 0 Å². The van der Waals surface area contributed by atoms with E-state index in [1.54, 1.807) is 6.07 Å². The van der Waals surface area contributed by atoms with E-state index in [9.17, 15) is 10.2 Å². The summed E-state index contributed by atoms with van der Waals surface area (Å²) >= 11 is 3.46. The van der Waals surface area contributed by atoms with Crippen molar-refractivity contribution in [2.75, 3.05) is 5.32 Å². The molecule has 0 amide bonds. The zero-order chi connectivity index (χ0) is 13.1. The molecule has 1 unspecified atom stereocenters. The average Bonchev–Trinajstić information content (AvgIpc) is 2.35. The van der Waals surface area contributed by atoms with Gasteiger partial charge in [0.1, 0.15) is 11.5 Å². The van der Waals surface area contributed by atoms with E-state index in [4.69, 9.17) is 0 Å². The summed E-state index contributed by atoms with van der Waals surface area (Å²) in [4.78, 5) is 0. The van der Waals surface area contributed by atoms with Crippen LogP contribution in [-0.2, 0) is 0 Å². The Morgan fingerprint density at radius 3 is 2.56 bits per heavy atom. The Labute approximate surface area is 114 Å². The van der Waals surface area contributed by atoms with Crippen LogP contribution < -0.4 is 5.32 Å².